The molecular formula is C21H26ClFN2O2. The lowest BCUT2D eigenvalue weighted by molar-refractivity contribution is -0.0586. The Morgan fingerprint density at radius 3 is 2.78 bits per heavy atom. The number of carbonyl (C=O) groups is 1. The number of hydrogen-bond donors (Lipinski definition) is 1. The fourth-order valence-corrected chi connectivity index (χ4v) is 4.37. The second-order valence-electron chi connectivity index (χ2n) is 8.18. The summed E-state index contributed by atoms with van der Waals surface area (Å²) in [5.41, 5.74) is 0.500. The molecule has 1 saturated carbocycles. The van der Waals surface area contributed by atoms with E-state index in [9.17, 15) is 9.18 Å². The molecule has 2 heterocycles. The van der Waals surface area contributed by atoms with Crippen molar-refractivity contribution in [2.75, 3.05) is 13.2 Å². The molecule has 2 aromatic rings. The molecular weight excluding hydrogens is 367 g/mol. The highest BCUT2D eigenvalue weighted by Crippen LogP contribution is 2.34. The Morgan fingerprint density at radius 2 is 2.11 bits per heavy atom. The zero-order valence-corrected chi connectivity index (χ0v) is 16.4. The van der Waals surface area contributed by atoms with Crippen LogP contribution >= 0.6 is 11.6 Å². The summed E-state index contributed by atoms with van der Waals surface area (Å²) >= 11 is 6.42. The van der Waals surface area contributed by atoms with Gasteiger partial charge in [-0.3, -0.25) is 4.79 Å². The van der Waals surface area contributed by atoms with E-state index < -0.39 is 5.67 Å². The summed E-state index contributed by atoms with van der Waals surface area (Å²) < 4.78 is 21.6. The Balaban J connectivity index is 1.49. The zero-order chi connectivity index (χ0) is 19.0. The van der Waals surface area contributed by atoms with Gasteiger partial charge in [-0.25, -0.2) is 4.39 Å². The largest absolute Gasteiger partial charge is 0.376 e. The Bertz CT molecular complexity index is 834. The van der Waals surface area contributed by atoms with E-state index in [0.29, 0.717) is 35.9 Å². The van der Waals surface area contributed by atoms with Crippen molar-refractivity contribution in [3.8, 4) is 0 Å². The van der Waals surface area contributed by atoms with E-state index in [1.54, 1.807) is 6.92 Å². The molecule has 1 aliphatic heterocycles. The predicted molar refractivity (Wildman–Crippen MR) is 105 cm³/mol. The van der Waals surface area contributed by atoms with E-state index in [-0.39, 0.29) is 12.0 Å². The molecule has 1 amide bonds. The van der Waals surface area contributed by atoms with Crippen molar-refractivity contribution in [3.63, 3.8) is 0 Å². The van der Waals surface area contributed by atoms with Gasteiger partial charge in [0.25, 0.3) is 5.91 Å². The van der Waals surface area contributed by atoms with Crippen molar-refractivity contribution in [3.05, 3.63) is 35.0 Å². The summed E-state index contributed by atoms with van der Waals surface area (Å²) in [4.78, 5) is 12.9. The summed E-state index contributed by atoms with van der Waals surface area (Å²) in [5.74, 6) is 0.222. The average molecular weight is 393 g/mol. The molecule has 1 N–H and O–H groups in total. The van der Waals surface area contributed by atoms with Crippen molar-refractivity contribution >= 4 is 28.4 Å². The molecule has 1 aliphatic carbocycles. The van der Waals surface area contributed by atoms with E-state index in [2.05, 4.69) is 9.88 Å². The van der Waals surface area contributed by atoms with Gasteiger partial charge in [-0.05, 0) is 57.1 Å². The van der Waals surface area contributed by atoms with Crippen LogP contribution in [0.2, 0.25) is 5.02 Å². The number of nitrogens with zero attached hydrogens (tertiary/aromatic N) is 1. The van der Waals surface area contributed by atoms with E-state index in [0.717, 1.165) is 43.3 Å². The molecule has 1 unspecified atom stereocenters. The Morgan fingerprint density at radius 1 is 1.37 bits per heavy atom. The van der Waals surface area contributed by atoms with Crippen LogP contribution < -0.4 is 5.32 Å². The number of ether oxygens (including phenoxy) is 1. The smallest absolute Gasteiger partial charge is 0.253 e. The minimum Gasteiger partial charge on any atom is -0.376 e. The van der Waals surface area contributed by atoms with E-state index in [1.165, 1.54) is 0 Å². The van der Waals surface area contributed by atoms with Crippen LogP contribution in [0.4, 0.5) is 4.39 Å². The molecule has 4 rings (SSSR count). The van der Waals surface area contributed by atoms with Gasteiger partial charge in [-0.15, -0.1) is 0 Å². The molecule has 2 aliphatic rings. The first kappa shape index (κ1) is 18.8. The summed E-state index contributed by atoms with van der Waals surface area (Å²) in [6.45, 7) is 3.78. The highest BCUT2D eigenvalue weighted by atomic mass is 35.5. The van der Waals surface area contributed by atoms with Gasteiger partial charge in [0.05, 0.1) is 22.2 Å². The monoisotopic (exact) mass is 392 g/mol. The third-order valence-corrected chi connectivity index (χ3v) is 6.31. The van der Waals surface area contributed by atoms with Crippen molar-refractivity contribution in [2.24, 2.45) is 5.92 Å². The maximum Gasteiger partial charge on any atom is 0.253 e. The first-order chi connectivity index (χ1) is 12.9. The van der Waals surface area contributed by atoms with Gasteiger partial charge in [0.2, 0.25) is 0 Å². The van der Waals surface area contributed by atoms with Gasteiger partial charge in [0, 0.05) is 31.3 Å². The van der Waals surface area contributed by atoms with Crippen LogP contribution in [0.5, 0.6) is 0 Å². The lowest BCUT2D eigenvalue weighted by atomic mass is 9.81. The molecule has 27 heavy (non-hydrogen) atoms. The van der Waals surface area contributed by atoms with E-state index in [4.69, 9.17) is 16.3 Å². The molecule has 146 valence electrons. The van der Waals surface area contributed by atoms with Crippen molar-refractivity contribution in [2.45, 2.75) is 57.3 Å². The van der Waals surface area contributed by atoms with Crippen LogP contribution in [-0.2, 0) is 11.3 Å². The van der Waals surface area contributed by atoms with Crippen LogP contribution in [0.25, 0.3) is 10.9 Å². The molecule has 4 nitrogen and oxygen atoms in total. The summed E-state index contributed by atoms with van der Waals surface area (Å²) in [6, 6.07) is 5.70. The molecule has 6 heteroatoms. The molecule has 2 fully saturated rings. The quantitative estimate of drug-likeness (QED) is 0.799. The number of aromatic nitrogens is 1. The summed E-state index contributed by atoms with van der Waals surface area (Å²) in [6.07, 6.45) is 5.89. The number of carbonyl (C=O) groups excluding carboxylic acids is 1. The SMILES string of the molecule is CC1(F)CCC(CNC(=O)c2cn(CC3CCO3)c3cccc(Cl)c23)CC1. The summed E-state index contributed by atoms with van der Waals surface area (Å²) in [7, 11) is 0. The third-order valence-electron chi connectivity index (χ3n) is 5.99. The molecule has 0 spiro atoms. The number of halogens is 2. The zero-order valence-electron chi connectivity index (χ0n) is 15.6. The van der Waals surface area contributed by atoms with Gasteiger partial charge >= 0.3 is 0 Å². The minimum atomic E-state index is -1.05. The van der Waals surface area contributed by atoms with Crippen LogP contribution in [0.15, 0.2) is 24.4 Å². The van der Waals surface area contributed by atoms with Crippen LogP contribution in [0, 0.1) is 5.92 Å². The maximum atomic E-state index is 14.0. The number of nitrogens with one attached hydrogen (secondary N) is 1. The topological polar surface area (TPSA) is 43.3 Å². The number of rotatable bonds is 5. The lowest BCUT2D eigenvalue weighted by Crippen LogP contribution is -2.34. The van der Waals surface area contributed by atoms with Crippen molar-refractivity contribution in [1.82, 2.24) is 9.88 Å². The van der Waals surface area contributed by atoms with Crippen LogP contribution in [-0.4, -0.2) is 35.4 Å². The van der Waals surface area contributed by atoms with Gasteiger partial charge in [0.1, 0.15) is 5.67 Å². The predicted octanol–water partition coefficient (Wildman–Crippen LogP) is 4.73. The Labute approximate surface area is 164 Å². The van der Waals surface area contributed by atoms with Crippen LogP contribution in [0.3, 0.4) is 0 Å². The molecule has 0 radical (unpaired) electrons. The number of alkyl halides is 1. The molecule has 1 aromatic carbocycles. The Hall–Kier alpha value is -1.59. The van der Waals surface area contributed by atoms with Gasteiger partial charge in [-0.2, -0.15) is 0 Å². The van der Waals surface area contributed by atoms with E-state index >= 15 is 0 Å². The van der Waals surface area contributed by atoms with Crippen LogP contribution in [0.1, 0.15) is 49.4 Å². The average Bonchev–Trinajstić information content (AvgIpc) is 2.97. The fourth-order valence-electron chi connectivity index (χ4n) is 4.10. The second kappa shape index (κ2) is 7.44. The maximum absolute atomic E-state index is 14.0. The lowest BCUT2D eigenvalue weighted by Gasteiger charge is -2.31. The van der Waals surface area contributed by atoms with Crippen molar-refractivity contribution < 1.29 is 13.9 Å². The molecule has 0 bridgehead atoms. The first-order valence-corrected chi connectivity index (χ1v) is 10.2. The number of amides is 1. The summed E-state index contributed by atoms with van der Waals surface area (Å²) in [5, 5.41) is 4.41. The molecule has 1 aromatic heterocycles. The minimum absolute atomic E-state index is 0.116. The highest BCUT2D eigenvalue weighted by Gasteiger charge is 2.31. The molecule has 1 saturated heterocycles. The van der Waals surface area contributed by atoms with E-state index in [1.807, 2.05) is 24.4 Å². The van der Waals surface area contributed by atoms with Gasteiger partial charge in [-0.1, -0.05) is 17.7 Å². The van der Waals surface area contributed by atoms with Gasteiger partial charge < -0.3 is 14.6 Å². The Kier molecular flexibility index (Phi) is 5.17. The number of hydrogen-bond acceptors (Lipinski definition) is 2. The second-order valence-corrected chi connectivity index (χ2v) is 8.58. The number of benzene rings is 1. The first-order valence-electron chi connectivity index (χ1n) is 9.79. The highest BCUT2D eigenvalue weighted by molar-refractivity contribution is 6.36. The fraction of sp³-hybridized carbons (Fsp3) is 0.571. The number of fused-ring (bicyclic) bond motifs is 1. The van der Waals surface area contributed by atoms with Crippen molar-refractivity contribution in [1.29, 1.82) is 0 Å². The standard InChI is InChI=1S/C21H26ClFN2O2/c1-21(23)8-5-14(6-9-21)11-24-20(26)16-13-25(12-15-7-10-27-15)18-4-2-3-17(22)19(16)18/h2-4,13-15H,5-12H2,1H3,(H,24,26). The molecule has 1 atom stereocenters. The van der Waals surface area contributed by atoms with Gasteiger partial charge in [0.15, 0.2) is 0 Å². The third kappa shape index (κ3) is 3.99. The normalized spacial score (nSPS) is 28.1.